The van der Waals surface area contributed by atoms with Crippen molar-refractivity contribution in [2.24, 2.45) is 0 Å². The Morgan fingerprint density at radius 2 is 0.925 bits per heavy atom. The summed E-state index contributed by atoms with van der Waals surface area (Å²) >= 11 is 12.9. The monoisotopic (exact) mass is 1680 g/mol. The zero-order chi connectivity index (χ0) is 89.6. The summed E-state index contributed by atoms with van der Waals surface area (Å²) in [6.45, 7) is 33.3. The number of nitro benzene ring substituents is 1. The highest BCUT2D eigenvalue weighted by Gasteiger charge is 2.25. The number of nitrogen functional groups attached to an aromatic ring is 1. The van der Waals surface area contributed by atoms with Crippen molar-refractivity contribution in [3.8, 4) is 17.6 Å². The minimum atomic E-state index is -2.72. The number of phenolic OH excluding ortho intramolecular Hbond substituents is 1. The Kier molecular flexibility index (Phi) is 46.8. The molecule has 0 bridgehead atoms. The average Bonchev–Trinajstić information content (AvgIpc) is 0.844. The molecule has 0 aliphatic heterocycles. The van der Waals surface area contributed by atoms with Gasteiger partial charge in [-0.1, -0.05) is 270 Å². The highest BCUT2D eigenvalue weighted by atomic mass is 35.5. The number of benzene rings is 13. The third-order valence-electron chi connectivity index (χ3n) is 18.4. The van der Waals surface area contributed by atoms with E-state index in [1.54, 1.807) is 67.2 Å². The molecule has 0 saturated carbocycles. The standard InChI is InChI=1S/C15H16.C13H13NS.C9H10F2.C9H11NO2.C9H13N.C9H12O.C9H12.C8H9FO.C8H7N.C8H10O.C7H6Cl2O/c1-12-3-7-14(8-4-12)11-15-9-5-13(2)6-10-15;1-10-6-2-4-8-12(10)15-13-9-5-3-7-11(13)14;1-7-5-3-4-6-8(7)9(2,10)11;1-3-8-4-5-9(10(11)12)6-7(8)2;1-8-5-4-6-9(7-8)10(2)3;1-7-3-4-9(6-10)8(2)5-7;1-7-4-5-8(2)9(3)6-7;1-6-3-4-8(10-2)7(9)5-6;2*1-7-4-2-3-5-8(7)6-9;1-4-2-5(8)7(10)6(9)3-4/h3-10H,11H2,1-2H3;2-9H,14H2,1H3;3-6H,1-2H3;4-6H,3H2,1-2H3;4-7H,1-3H3;3-5,10H,6H2,1-2H3;4-6H,1-3H3;3-5H,1-2H3;2-5H,1H3;2-5,9H,6H2,1H3;2-3,10H,1H3. The number of rotatable bonds is 11. The van der Waals surface area contributed by atoms with E-state index < -0.39 is 5.92 Å². The summed E-state index contributed by atoms with van der Waals surface area (Å²) in [5.74, 6) is -2.77. The van der Waals surface area contributed by atoms with E-state index in [0.29, 0.717) is 21.4 Å². The third-order valence-corrected chi connectivity index (χ3v) is 20.3. The molecule has 0 heterocycles. The molecule has 0 amide bonds. The Morgan fingerprint density at radius 1 is 0.475 bits per heavy atom. The predicted octanol–water partition coefficient (Wildman–Crippen LogP) is 28.2. The topological polar surface area (TPSA) is 166 Å². The van der Waals surface area contributed by atoms with Gasteiger partial charge in [0.2, 0.25) is 0 Å². The van der Waals surface area contributed by atoms with E-state index in [0.717, 1.165) is 74.9 Å². The van der Waals surface area contributed by atoms with Gasteiger partial charge < -0.3 is 30.7 Å². The quantitative estimate of drug-likeness (QED) is 0.0556. The number of aliphatic hydroxyl groups is 2. The number of nitrogens with zero attached hydrogens (tertiary/aromatic N) is 3. The van der Waals surface area contributed by atoms with Crippen LogP contribution in [0.3, 0.4) is 0 Å². The summed E-state index contributed by atoms with van der Waals surface area (Å²) in [5, 5.41) is 46.0. The van der Waals surface area contributed by atoms with Crippen LogP contribution in [0.5, 0.6) is 11.5 Å². The lowest BCUT2D eigenvalue weighted by Crippen LogP contribution is -2.08. The molecule has 0 saturated heterocycles. The predicted molar refractivity (Wildman–Crippen MR) is 501 cm³/mol. The lowest BCUT2D eigenvalue weighted by Gasteiger charge is -2.12. The van der Waals surface area contributed by atoms with Crippen molar-refractivity contribution in [2.75, 3.05) is 31.8 Å². The molecule has 0 radical (unpaired) electrons. The maximum Gasteiger partial charge on any atom is 0.270 e. The average molecular weight is 1680 g/mol. The number of aliphatic hydroxyl groups excluding tert-OH is 2. The van der Waals surface area contributed by atoms with Crippen LogP contribution in [0.2, 0.25) is 10.0 Å². The first kappa shape index (κ1) is 103. The molecule has 0 spiro atoms. The maximum absolute atomic E-state index is 12.7. The van der Waals surface area contributed by atoms with Crippen molar-refractivity contribution >= 4 is 52.0 Å². The number of phenols is 1. The third kappa shape index (κ3) is 39.4. The summed E-state index contributed by atoms with van der Waals surface area (Å²) in [4.78, 5) is 14.5. The molecule has 13 aromatic carbocycles. The highest BCUT2D eigenvalue weighted by molar-refractivity contribution is 7.99. The van der Waals surface area contributed by atoms with Crippen molar-refractivity contribution in [2.45, 2.75) is 159 Å². The number of anilines is 2. The van der Waals surface area contributed by atoms with Crippen LogP contribution < -0.4 is 15.4 Å². The number of nitrogens with two attached hydrogens (primary N) is 1. The molecule has 5 N–H and O–H groups in total. The molecule has 0 aromatic heterocycles. The Hall–Kier alpha value is -11.4. The normalized spacial score (nSPS) is 9.92. The number of hydrogen-bond donors (Lipinski definition) is 4. The van der Waals surface area contributed by atoms with Gasteiger partial charge in [0.15, 0.2) is 17.3 Å². The van der Waals surface area contributed by atoms with E-state index in [9.17, 15) is 23.3 Å². The zero-order valence-electron chi connectivity index (χ0n) is 73.2. The van der Waals surface area contributed by atoms with Crippen LogP contribution >= 0.6 is 35.0 Å². The lowest BCUT2D eigenvalue weighted by atomic mass is 10.0. The Balaban J connectivity index is 0.000000343. The van der Waals surface area contributed by atoms with Crippen LogP contribution in [-0.4, -0.2) is 41.4 Å². The smallest absolute Gasteiger partial charge is 0.270 e. The summed E-state index contributed by atoms with van der Waals surface area (Å²) in [5.41, 5.74) is 32.4. The van der Waals surface area contributed by atoms with E-state index in [-0.39, 0.29) is 41.0 Å². The van der Waals surface area contributed by atoms with Crippen LogP contribution in [0.25, 0.3) is 0 Å². The molecule has 120 heavy (non-hydrogen) atoms. The van der Waals surface area contributed by atoms with Gasteiger partial charge in [-0.05, 0) is 266 Å². The number of methoxy groups -OCH3 is 1. The Labute approximate surface area is 727 Å². The molecule has 0 fully saturated rings. The zero-order valence-corrected chi connectivity index (χ0v) is 75.5. The fourth-order valence-electron chi connectivity index (χ4n) is 11.0. The van der Waals surface area contributed by atoms with Crippen LogP contribution in [0.4, 0.5) is 30.2 Å². The van der Waals surface area contributed by atoms with E-state index in [4.69, 9.17) is 54.3 Å². The second-order valence-corrected chi connectivity index (χ2v) is 31.0. The van der Waals surface area contributed by atoms with Gasteiger partial charge in [0, 0.05) is 59.9 Å². The van der Waals surface area contributed by atoms with Crippen molar-refractivity contribution in [3.05, 3.63) is 427 Å². The molecule has 16 heteroatoms. The molecule has 13 aromatic rings. The van der Waals surface area contributed by atoms with Gasteiger partial charge in [-0.25, -0.2) is 13.2 Å². The number of aromatic hydroxyl groups is 1. The molecule has 0 atom stereocenters. The van der Waals surface area contributed by atoms with E-state index in [1.165, 1.54) is 96.6 Å². The minimum Gasteiger partial charge on any atom is -0.505 e. The van der Waals surface area contributed by atoms with E-state index >= 15 is 0 Å². The van der Waals surface area contributed by atoms with E-state index in [2.05, 4.69) is 189 Å². The van der Waals surface area contributed by atoms with Crippen molar-refractivity contribution in [1.82, 2.24) is 0 Å². The van der Waals surface area contributed by atoms with Gasteiger partial charge >= 0.3 is 0 Å². The number of nitriles is 1. The van der Waals surface area contributed by atoms with Crippen LogP contribution in [0.15, 0.2) is 289 Å². The molecule has 0 aliphatic rings. The summed E-state index contributed by atoms with van der Waals surface area (Å²) in [6.07, 6.45) is 1.95. The second kappa shape index (κ2) is 54.6. The van der Waals surface area contributed by atoms with Crippen LogP contribution in [-0.2, 0) is 32.0 Å². The number of alkyl halides is 2. The first-order valence-corrected chi connectivity index (χ1v) is 40.8. The number of halogens is 5. The van der Waals surface area contributed by atoms with Gasteiger partial charge in [-0.3, -0.25) is 10.1 Å². The Morgan fingerprint density at radius 3 is 1.34 bits per heavy atom. The number of hydrogen-bond acceptors (Lipinski definition) is 10. The van der Waals surface area contributed by atoms with Gasteiger partial charge in [0.25, 0.3) is 11.6 Å². The number of para-hydroxylation sites is 1. The fourth-order valence-corrected chi connectivity index (χ4v) is 12.6. The first-order valence-electron chi connectivity index (χ1n) is 39.2. The fraction of sp³-hybridized carbons (Fsp3) is 0.240. The number of non-ortho nitro benzene ring substituents is 1. The van der Waals surface area contributed by atoms with Gasteiger partial charge in [-0.15, -0.1) is 0 Å². The van der Waals surface area contributed by atoms with Crippen molar-refractivity contribution < 1.29 is 38.2 Å². The SMILES string of the molecule is CCc1ccc([N+](=O)[O-])cc1C.COc1ccc(C)cc1F.Cc1cc(Cl)c(O)c(Cl)c1.Cc1ccc(C)c(C)c1.Cc1ccc(CO)c(C)c1.Cc1ccc(Cc2ccc(C)cc2)cc1.Cc1cccc(N(C)C)c1.Cc1ccccc1C#N.Cc1ccccc1C(C)(F)F.Cc1ccccc1CO.Cc1ccccc1Sc1ccccc1N. The van der Waals surface area contributed by atoms with Crippen LogP contribution in [0.1, 0.15) is 136 Å². The van der Waals surface area contributed by atoms with Crippen LogP contribution in [0, 0.1) is 131 Å². The molecule has 0 unspecified atom stereocenters. The highest BCUT2D eigenvalue weighted by Crippen LogP contribution is 2.35. The second-order valence-electron chi connectivity index (χ2n) is 29.1. The minimum absolute atomic E-state index is 0.0473. The summed E-state index contributed by atoms with van der Waals surface area (Å²) in [7, 11) is 5.55. The summed E-state index contributed by atoms with van der Waals surface area (Å²) < 4.78 is 42.9. The maximum atomic E-state index is 12.7. The van der Waals surface area contributed by atoms with Gasteiger partial charge in [-0.2, -0.15) is 5.26 Å². The first-order chi connectivity index (χ1) is 56.8. The molecule has 0 aliphatic carbocycles. The summed E-state index contributed by atoms with van der Waals surface area (Å²) in [6, 6.07) is 91.9. The molecular formula is C104H119Cl2F3N4O6S. The largest absolute Gasteiger partial charge is 0.505 e. The lowest BCUT2D eigenvalue weighted by molar-refractivity contribution is -0.384. The molecule has 632 valence electrons. The number of ether oxygens (including phenoxy) is 1. The van der Waals surface area contributed by atoms with E-state index in [1.807, 2.05) is 159 Å². The molecule has 13 rings (SSSR count). The Bertz CT molecular complexity index is 5130. The van der Waals surface area contributed by atoms with Gasteiger partial charge in [0.05, 0.1) is 46.9 Å². The number of aryl methyl sites for hydroxylation is 16. The molecule has 10 nitrogen and oxygen atoms in total. The molecular weight excluding hydrogens is 1560 g/mol. The number of nitro groups is 1. The van der Waals surface area contributed by atoms with Gasteiger partial charge in [0.1, 0.15) is 0 Å². The van der Waals surface area contributed by atoms with Crippen molar-refractivity contribution in [1.29, 1.82) is 5.26 Å². The van der Waals surface area contributed by atoms with Crippen molar-refractivity contribution in [3.63, 3.8) is 0 Å².